The van der Waals surface area contributed by atoms with Crippen LogP contribution in [0.1, 0.15) is 78.2 Å². The highest BCUT2D eigenvalue weighted by Crippen LogP contribution is 2.57. The number of aryl methyl sites for hydroxylation is 1. The molecule has 7 heteroatoms. The number of rotatable bonds is 10. The minimum absolute atomic E-state index is 0.00105. The summed E-state index contributed by atoms with van der Waals surface area (Å²) < 4.78 is 41.4. The van der Waals surface area contributed by atoms with E-state index in [9.17, 15) is 13.2 Å². The van der Waals surface area contributed by atoms with Gasteiger partial charge in [-0.15, -0.1) is 0 Å². The van der Waals surface area contributed by atoms with Crippen molar-refractivity contribution in [3.63, 3.8) is 0 Å². The molecule has 0 unspecified atom stereocenters. The summed E-state index contributed by atoms with van der Waals surface area (Å²) in [5.41, 5.74) is 2.27. The SMILES string of the molecule is C[C@H]1CC[C@H]2C(=CC(=O)CC2(C)C)[C@@]1(C)CC[C@@H](CCCc1ccoc1)COS(=O)(=O)O. The molecule has 0 spiro atoms. The van der Waals surface area contributed by atoms with E-state index in [1.807, 2.05) is 12.1 Å². The fourth-order valence-corrected chi connectivity index (χ4v) is 6.23. The van der Waals surface area contributed by atoms with Gasteiger partial charge in [-0.3, -0.25) is 9.35 Å². The van der Waals surface area contributed by atoms with E-state index in [1.165, 1.54) is 5.57 Å². The van der Waals surface area contributed by atoms with Gasteiger partial charge in [-0.1, -0.05) is 33.3 Å². The van der Waals surface area contributed by atoms with Gasteiger partial charge < -0.3 is 4.42 Å². The molecule has 1 saturated carbocycles. The molecule has 32 heavy (non-hydrogen) atoms. The van der Waals surface area contributed by atoms with Gasteiger partial charge in [0, 0.05) is 6.42 Å². The highest BCUT2D eigenvalue weighted by Gasteiger charge is 2.49. The van der Waals surface area contributed by atoms with E-state index in [2.05, 4.69) is 27.7 Å². The summed E-state index contributed by atoms with van der Waals surface area (Å²) in [6.45, 7) is 8.93. The molecule has 6 nitrogen and oxygen atoms in total. The van der Waals surface area contributed by atoms with Crippen molar-refractivity contribution in [3.8, 4) is 0 Å². The first kappa shape index (κ1) is 25.2. The molecular formula is C25H38O6S. The predicted molar refractivity (Wildman–Crippen MR) is 123 cm³/mol. The molecule has 0 radical (unpaired) electrons. The second kappa shape index (κ2) is 9.82. The van der Waals surface area contributed by atoms with E-state index in [-0.39, 0.29) is 29.1 Å². The van der Waals surface area contributed by atoms with Gasteiger partial charge in [0.15, 0.2) is 5.78 Å². The molecule has 0 aliphatic heterocycles. The van der Waals surface area contributed by atoms with Crippen molar-refractivity contribution in [1.82, 2.24) is 0 Å². The second-order valence-electron chi connectivity index (χ2n) is 10.8. The molecule has 0 saturated heterocycles. The number of allylic oxidation sites excluding steroid dienone is 2. The third kappa shape index (κ3) is 6.12. The average molecular weight is 467 g/mol. The summed E-state index contributed by atoms with van der Waals surface area (Å²) in [6, 6.07) is 1.93. The molecule has 3 rings (SSSR count). The smallest absolute Gasteiger partial charge is 0.397 e. The van der Waals surface area contributed by atoms with Crippen LogP contribution >= 0.6 is 0 Å². The van der Waals surface area contributed by atoms with Crippen LogP contribution in [0.2, 0.25) is 0 Å². The lowest BCUT2D eigenvalue weighted by atomic mass is 9.52. The number of carbonyl (C=O) groups is 1. The fourth-order valence-electron chi connectivity index (χ4n) is 5.86. The van der Waals surface area contributed by atoms with E-state index in [0.29, 0.717) is 18.3 Å². The van der Waals surface area contributed by atoms with Crippen molar-refractivity contribution in [1.29, 1.82) is 0 Å². The summed E-state index contributed by atoms with van der Waals surface area (Å²) in [5, 5.41) is 0. The first-order valence-corrected chi connectivity index (χ1v) is 13.1. The summed E-state index contributed by atoms with van der Waals surface area (Å²) in [7, 11) is -4.47. The molecule has 2 aliphatic rings. The van der Waals surface area contributed by atoms with Crippen molar-refractivity contribution in [3.05, 3.63) is 35.8 Å². The van der Waals surface area contributed by atoms with Crippen LogP contribution in [0.3, 0.4) is 0 Å². The normalized spacial score (nSPS) is 28.8. The van der Waals surface area contributed by atoms with Gasteiger partial charge in [0.2, 0.25) is 0 Å². The zero-order valence-electron chi connectivity index (χ0n) is 19.8. The minimum atomic E-state index is -4.47. The van der Waals surface area contributed by atoms with Gasteiger partial charge in [0.25, 0.3) is 0 Å². The molecule has 2 aliphatic carbocycles. The van der Waals surface area contributed by atoms with Crippen molar-refractivity contribution in [2.45, 2.75) is 79.1 Å². The van der Waals surface area contributed by atoms with Gasteiger partial charge in [-0.05, 0) is 91.2 Å². The Bertz CT molecular complexity index is 914. The van der Waals surface area contributed by atoms with Crippen LogP contribution in [0.15, 0.2) is 34.7 Å². The molecule has 0 amide bonds. The lowest BCUT2D eigenvalue weighted by Crippen LogP contribution is -2.44. The average Bonchev–Trinajstić information content (AvgIpc) is 3.19. The Kier molecular flexibility index (Phi) is 7.73. The molecule has 0 bridgehead atoms. The molecule has 1 aromatic rings. The Labute approximate surface area is 192 Å². The van der Waals surface area contributed by atoms with Crippen molar-refractivity contribution in [2.75, 3.05) is 6.61 Å². The fraction of sp³-hybridized carbons (Fsp3) is 0.720. The number of hydrogen-bond acceptors (Lipinski definition) is 5. The maximum absolute atomic E-state index is 12.5. The molecule has 1 N–H and O–H groups in total. The van der Waals surface area contributed by atoms with Crippen LogP contribution in [0.25, 0.3) is 0 Å². The molecule has 1 fully saturated rings. The lowest BCUT2D eigenvalue weighted by Gasteiger charge is -2.53. The highest BCUT2D eigenvalue weighted by atomic mass is 32.3. The Morgan fingerprint density at radius 2 is 2.00 bits per heavy atom. The second-order valence-corrected chi connectivity index (χ2v) is 11.9. The first-order valence-electron chi connectivity index (χ1n) is 11.8. The number of carbonyl (C=O) groups excluding carboxylic acids is 1. The maximum Gasteiger partial charge on any atom is 0.397 e. The quantitative estimate of drug-likeness (QED) is 0.438. The van der Waals surface area contributed by atoms with Crippen LogP contribution < -0.4 is 0 Å². The first-order chi connectivity index (χ1) is 14.9. The van der Waals surface area contributed by atoms with Gasteiger partial charge in [-0.2, -0.15) is 8.42 Å². The van der Waals surface area contributed by atoms with Crippen molar-refractivity contribution in [2.24, 2.45) is 28.6 Å². The van der Waals surface area contributed by atoms with Gasteiger partial charge >= 0.3 is 10.4 Å². The zero-order valence-corrected chi connectivity index (χ0v) is 20.6. The Morgan fingerprint density at radius 3 is 2.66 bits per heavy atom. The number of ketones is 1. The van der Waals surface area contributed by atoms with Crippen molar-refractivity contribution < 1.29 is 26.4 Å². The molecule has 4 atom stereocenters. The maximum atomic E-state index is 12.5. The van der Waals surface area contributed by atoms with E-state index in [0.717, 1.165) is 50.5 Å². The summed E-state index contributed by atoms with van der Waals surface area (Å²) in [6.07, 6.45) is 12.3. The molecule has 1 aromatic heterocycles. The Balaban J connectivity index is 1.72. The third-order valence-electron chi connectivity index (χ3n) is 8.08. The van der Waals surface area contributed by atoms with E-state index in [4.69, 9.17) is 13.2 Å². The minimum Gasteiger partial charge on any atom is -0.472 e. The van der Waals surface area contributed by atoms with E-state index in [1.54, 1.807) is 12.5 Å². The zero-order chi connectivity index (χ0) is 23.6. The molecule has 1 heterocycles. The molecule has 180 valence electrons. The van der Waals surface area contributed by atoms with Gasteiger partial charge in [0.1, 0.15) is 0 Å². The van der Waals surface area contributed by atoms with Crippen LogP contribution in [-0.4, -0.2) is 25.4 Å². The topological polar surface area (TPSA) is 93.8 Å². The highest BCUT2D eigenvalue weighted by molar-refractivity contribution is 7.80. The standard InChI is InChI=1S/C25H38O6S/c1-18-8-9-22-23(14-21(26)15-24(22,2)3)25(18,4)12-10-19(17-31-32(27,28)29)6-5-7-20-11-13-30-16-20/h11,13-14,16,18-19,22H,5-10,12,15,17H2,1-4H3,(H,27,28,29)/t18-,19+,22-,25-/m0/s1. The lowest BCUT2D eigenvalue weighted by molar-refractivity contribution is -0.118. The number of fused-ring (bicyclic) bond motifs is 1. The van der Waals surface area contributed by atoms with Crippen molar-refractivity contribution >= 4 is 16.2 Å². The Morgan fingerprint density at radius 1 is 1.25 bits per heavy atom. The van der Waals surface area contributed by atoms with Crippen LogP contribution in [0, 0.1) is 28.6 Å². The van der Waals surface area contributed by atoms with Crippen LogP contribution in [0.4, 0.5) is 0 Å². The Hall–Kier alpha value is -1.44. The summed E-state index contributed by atoms with van der Waals surface area (Å²) in [4.78, 5) is 12.5. The third-order valence-corrected chi connectivity index (χ3v) is 8.52. The van der Waals surface area contributed by atoms with Crippen LogP contribution in [-0.2, 0) is 25.8 Å². The molecule has 0 aromatic carbocycles. The largest absolute Gasteiger partial charge is 0.472 e. The monoisotopic (exact) mass is 466 g/mol. The van der Waals surface area contributed by atoms with E-state index < -0.39 is 10.4 Å². The molecular weight excluding hydrogens is 428 g/mol. The predicted octanol–water partition coefficient (Wildman–Crippen LogP) is 5.80. The summed E-state index contributed by atoms with van der Waals surface area (Å²) >= 11 is 0. The van der Waals surface area contributed by atoms with E-state index >= 15 is 0 Å². The van der Waals surface area contributed by atoms with Gasteiger partial charge in [-0.25, -0.2) is 4.18 Å². The van der Waals surface area contributed by atoms with Crippen LogP contribution in [0.5, 0.6) is 0 Å². The number of hydrogen-bond donors (Lipinski definition) is 1. The summed E-state index contributed by atoms with van der Waals surface area (Å²) in [5.74, 6) is 1.07. The van der Waals surface area contributed by atoms with Gasteiger partial charge in [0.05, 0.1) is 19.1 Å². The number of furan rings is 1.